The monoisotopic (exact) mass is 443 g/mol. The van der Waals surface area contributed by atoms with Crippen molar-refractivity contribution in [3.05, 3.63) is 63.7 Å². The summed E-state index contributed by atoms with van der Waals surface area (Å²) in [6, 6.07) is 11.5. The molecule has 138 valence electrons. The number of nitrogens with zero attached hydrogens (tertiary/aromatic N) is 3. The van der Waals surface area contributed by atoms with Crippen LogP contribution in [0.1, 0.15) is 28.9 Å². The first-order valence-corrected chi connectivity index (χ1v) is 10.5. The highest BCUT2D eigenvalue weighted by atomic mass is 79.9. The van der Waals surface area contributed by atoms with Gasteiger partial charge in [0, 0.05) is 34.7 Å². The quantitative estimate of drug-likeness (QED) is 0.523. The fourth-order valence-electron chi connectivity index (χ4n) is 3.08. The number of ether oxygens (including phenoxy) is 1. The van der Waals surface area contributed by atoms with Crippen molar-refractivity contribution in [2.75, 3.05) is 18.0 Å². The lowest BCUT2D eigenvalue weighted by atomic mass is 10.2. The molecule has 27 heavy (non-hydrogen) atoms. The predicted octanol–water partition coefficient (Wildman–Crippen LogP) is 4.92. The first-order valence-electron chi connectivity index (χ1n) is 8.78. The SMILES string of the molecule is O=C(OCc1csc(-c2cccc(Br)c2)n1)c1cccnc1N1CCCC1. The molecular weight excluding hydrogens is 426 g/mol. The third-order valence-corrected chi connectivity index (χ3v) is 5.82. The van der Waals surface area contributed by atoms with E-state index >= 15 is 0 Å². The average Bonchev–Trinajstić information content (AvgIpc) is 3.38. The summed E-state index contributed by atoms with van der Waals surface area (Å²) in [6.45, 7) is 2.01. The van der Waals surface area contributed by atoms with E-state index in [1.165, 1.54) is 11.3 Å². The Bertz CT molecular complexity index is 954. The fraction of sp³-hybridized carbons (Fsp3) is 0.250. The normalized spacial score (nSPS) is 13.7. The molecule has 0 bridgehead atoms. The predicted molar refractivity (Wildman–Crippen MR) is 110 cm³/mol. The highest BCUT2D eigenvalue weighted by Crippen LogP contribution is 2.27. The van der Waals surface area contributed by atoms with Gasteiger partial charge in [0.2, 0.25) is 0 Å². The molecule has 1 fully saturated rings. The number of halogens is 1. The molecule has 0 spiro atoms. The topological polar surface area (TPSA) is 55.3 Å². The molecule has 3 aromatic rings. The number of benzene rings is 1. The molecule has 7 heteroatoms. The van der Waals surface area contributed by atoms with Crippen LogP contribution in [0.25, 0.3) is 10.6 Å². The van der Waals surface area contributed by atoms with Gasteiger partial charge < -0.3 is 9.64 Å². The van der Waals surface area contributed by atoms with Gasteiger partial charge >= 0.3 is 5.97 Å². The van der Waals surface area contributed by atoms with Gasteiger partial charge in [-0.15, -0.1) is 11.3 Å². The Morgan fingerprint density at radius 1 is 1.22 bits per heavy atom. The number of hydrogen-bond acceptors (Lipinski definition) is 6. The van der Waals surface area contributed by atoms with Crippen LogP contribution >= 0.6 is 27.3 Å². The highest BCUT2D eigenvalue weighted by molar-refractivity contribution is 9.10. The summed E-state index contributed by atoms with van der Waals surface area (Å²) in [4.78, 5) is 23.7. The molecule has 5 nitrogen and oxygen atoms in total. The molecule has 1 saturated heterocycles. The minimum Gasteiger partial charge on any atom is -0.455 e. The standard InChI is InChI=1S/C20H18BrN3O2S/c21-15-6-3-5-14(11-15)19-23-16(13-27-19)12-26-20(25)17-7-4-8-22-18(17)24-9-1-2-10-24/h3-8,11,13H,1-2,9-10,12H2. The van der Waals surface area contributed by atoms with E-state index in [2.05, 4.69) is 30.8 Å². The molecule has 1 aromatic carbocycles. The van der Waals surface area contributed by atoms with Crippen LogP contribution in [-0.2, 0) is 11.3 Å². The molecule has 0 saturated carbocycles. The van der Waals surface area contributed by atoms with Crippen LogP contribution in [0.3, 0.4) is 0 Å². The van der Waals surface area contributed by atoms with Crippen molar-refractivity contribution >= 4 is 39.1 Å². The zero-order valence-corrected chi connectivity index (χ0v) is 17.0. The first-order chi connectivity index (χ1) is 13.2. The molecular formula is C20H18BrN3O2S. The lowest BCUT2D eigenvalue weighted by molar-refractivity contribution is 0.0469. The van der Waals surface area contributed by atoms with Crippen molar-refractivity contribution in [1.82, 2.24) is 9.97 Å². The maximum atomic E-state index is 12.6. The number of hydrogen-bond donors (Lipinski definition) is 0. The Morgan fingerprint density at radius 2 is 2.07 bits per heavy atom. The largest absolute Gasteiger partial charge is 0.455 e. The van der Waals surface area contributed by atoms with Crippen molar-refractivity contribution in [1.29, 1.82) is 0 Å². The molecule has 0 N–H and O–H groups in total. The average molecular weight is 444 g/mol. The molecule has 1 aliphatic heterocycles. The summed E-state index contributed by atoms with van der Waals surface area (Å²) in [6.07, 6.45) is 3.97. The summed E-state index contributed by atoms with van der Waals surface area (Å²) in [5, 5.41) is 2.83. The van der Waals surface area contributed by atoms with Gasteiger partial charge in [0.25, 0.3) is 0 Å². The van der Waals surface area contributed by atoms with E-state index in [-0.39, 0.29) is 12.6 Å². The van der Waals surface area contributed by atoms with Gasteiger partial charge in [-0.1, -0.05) is 28.1 Å². The van der Waals surface area contributed by atoms with E-state index in [0.29, 0.717) is 11.4 Å². The Kier molecular flexibility index (Phi) is 5.50. The molecule has 2 aromatic heterocycles. The number of anilines is 1. The molecule has 0 radical (unpaired) electrons. The molecule has 4 rings (SSSR count). The Balaban J connectivity index is 1.45. The van der Waals surface area contributed by atoms with E-state index < -0.39 is 0 Å². The Hall–Kier alpha value is -2.25. The van der Waals surface area contributed by atoms with Crippen LogP contribution in [0.5, 0.6) is 0 Å². The van der Waals surface area contributed by atoms with Crippen molar-refractivity contribution in [3.63, 3.8) is 0 Å². The van der Waals surface area contributed by atoms with Crippen LogP contribution in [-0.4, -0.2) is 29.0 Å². The van der Waals surface area contributed by atoms with E-state index in [4.69, 9.17) is 4.74 Å². The lowest BCUT2D eigenvalue weighted by Crippen LogP contribution is -2.22. The number of pyridine rings is 1. The van der Waals surface area contributed by atoms with Gasteiger partial charge in [-0.2, -0.15) is 0 Å². The number of esters is 1. The summed E-state index contributed by atoms with van der Waals surface area (Å²) >= 11 is 5.01. The van der Waals surface area contributed by atoms with Crippen LogP contribution in [0, 0.1) is 0 Å². The Morgan fingerprint density at radius 3 is 2.89 bits per heavy atom. The zero-order chi connectivity index (χ0) is 18.6. The zero-order valence-electron chi connectivity index (χ0n) is 14.6. The number of carbonyl (C=O) groups excluding carboxylic acids is 1. The van der Waals surface area contributed by atoms with Crippen LogP contribution < -0.4 is 4.90 Å². The molecule has 3 heterocycles. The van der Waals surface area contributed by atoms with E-state index in [0.717, 1.165) is 46.7 Å². The van der Waals surface area contributed by atoms with E-state index in [9.17, 15) is 4.79 Å². The fourth-order valence-corrected chi connectivity index (χ4v) is 4.28. The first kappa shape index (κ1) is 18.1. The number of rotatable bonds is 5. The maximum absolute atomic E-state index is 12.6. The van der Waals surface area contributed by atoms with E-state index in [1.807, 2.05) is 29.6 Å². The molecule has 0 amide bonds. The van der Waals surface area contributed by atoms with Crippen molar-refractivity contribution < 1.29 is 9.53 Å². The third-order valence-electron chi connectivity index (χ3n) is 4.39. The molecule has 0 atom stereocenters. The van der Waals surface area contributed by atoms with Crippen LogP contribution in [0.2, 0.25) is 0 Å². The van der Waals surface area contributed by atoms with Gasteiger partial charge in [-0.25, -0.2) is 14.8 Å². The lowest BCUT2D eigenvalue weighted by Gasteiger charge is -2.18. The van der Waals surface area contributed by atoms with E-state index in [1.54, 1.807) is 18.3 Å². The number of aromatic nitrogens is 2. The second-order valence-corrected chi connectivity index (χ2v) is 8.07. The van der Waals surface area contributed by atoms with Gasteiger partial charge in [0.1, 0.15) is 23.0 Å². The summed E-state index contributed by atoms with van der Waals surface area (Å²) < 4.78 is 6.53. The summed E-state index contributed by atoms with van der Waals surface area (Å²) in [7, 11) is 0. The van der Waals surface area contributed by atoms with Crippen molar-refractivity contribution in [2.45, 2.75) is 19.4 Å². The molecule has 1 aliphatic rings. The molecule has 0 aliphatic carbocycles. The second kappa shape index (κ2) is 8.19. The van der Waals surface area contributed by atoms with Crippen LogP contribution in [0.4, 0.5) is 5.82 Å². The highest BCUT2D eigenvalue weighted by Gasteiger charge is 2.21. The van der Waals surface area contributed by atoms with Crippen LogP contribution in [0.15, 0.2) is 52.4 Å². The third kappa shape index (κ3) is 4.20. The van der Waals surface area contributed by atoms with Gasteiger partial charge in [0.05, 0.1) is 5.69 Å². The van der Waals surface area contributed by atoms with Crippen molar-refractivity contribution in [2.24, 2.45) is 0 Å². The molecule has 0 unspecified atom stereocenters. The number of thiazole rings is 1. The minimum absolute atomic E-state index is 0.150. The summed E-state index contributed by atoms with van der Waals surface area (Å²) in [5.41, 5.74) is 2.30. The number of carbonyl (C=O) groups is 1. The maximum Gasteiger partial charge on any atom is 0.342 e. The Labute approximate surface area is 170 Å². The van der Waals surface area contributed by atoms with Crippen molar-refractivity contribution in [3.8, 4) is 10.6 Å². The second-order valence-electron chi connectivity index (χ2n) is 6.30. The smallest absolute Gasteiger partial charge is 0.342 e. The van der Waals surface area contributed by atoms with Gasteiger partial charge in [-0.05, 0) is 37.1 Å². The summed E-state index contributed by atoms with van der Waals surface area (Å²) in [5.74, 6) is 0.357. The van der Waals surface area contributed by atoms with Gasteiger partial charge in [0.15, 0.2) is 0 Å². The van der Waals surface area contributed by atoms with Gasteiger partial charge in [-0.3, -0.25) is 0 Å². The minimum atomic E-state index is -0.359.